The first-order valence-corrected chi connectivity index (χ1v) is 9.95. The van der Waals surface area contributed by atoms with Crippen LogP contribution in [0.1, 0.15) is 55.2 Å². The molecule has 2 aliphatic carbocycles. The van der Waals surface area contributed by atoms with Crippen molar-refractivity contribution in [2.75, 3.05) is 0 Å². The molecule has 4 rings (SSSR count). The Bertz CT molecular complexity index is 775. The van der Waals surface area contributed by atoms with Crippen LogP contribution in [-0.4, -0.2) is 26.9 Å². The highest BCUT2D eigenvalue weighted by atomic mass is 35.5. The molecule has 0 bridgehead atoms. The first-order chi connectivity index (χ1) is 12.6. The first-order valence-electron chi connectivity index (χ1n) is 9.57. The molecule has 1 aromatic carbocycles. The van der Waals surface area contributed by atoms with Crippen LogP contribution in [0.15, 0.2) is 30.5 Å². The summed E-state index contributed by atoms with van der Waals surface area (Å²) in [4.78, 5) is 12.5. The number of amides is 1. The number of fused-ring (bicyclic) bond motifs is 1. The summed E-state index contributed by atoms with van der Waals surface area (Å²) in [5, 5.41) is 12.4. The molecule has 2 saturated carbocycles. The summed E-state index contributed by atoms with van der Waals surface area (Å²) in [5.74, 6) is 2.00. The molecule has 5 atom stereocenters. The van der Waals surface area contributed by atoms with Crippen molar-refractivity contribution in [2.45, 2.75) is 51.6 Å². The van der Waals surface area contributed by atoms with Crippen molar-refractivity contribution in [1.82, 2.24) is 20.3 Å². The lowest BCUT2D eigenvalue weighted by Gasteiger charge is -2.21. The molecule has 2 fully saturated rings. The lowest BCUT2D eigenvalue weighted by Crippen LogP contribution is -2.37. The minimum atomic E-state index is -0.00101. The zero-order valence-corrected chi connectivity index (χ0v) is 16.0. The predicted molar refractivity (Wildman–Crippen MR) is 101 cm³/mol. The fraction of sp³-hybridized carbons (Fsp3) is 0.550. The number of carbonyl (C=O) groups excluding carboxylic acids is 1. The quantitative estimate of drug-likeness (QED) is 0.836. The van der Waals surface area contributed by atoms with Gasteiger partial charge in [-0.2, -0.15) is 0 Å². The van der Waals surface area contributed by atoms with Gasteiger partial charge in [0, 0.05) is 22.8 Å². The highest BCUT2D eigenvalue weighted by Crippen LogP contribution is 2.62. The van der Waals surface area contributed by atoms with Crippen LogP contribution >= 0.6 is 11.6 Å². The predicted octanol–water partition coefficient (Wildman–Crippen LogP) is 3.90. The average molecular weight is 373 g/mol. The van der Waals surface area contributed by atoms with Crippen molar-refractivity contribution < 1.29 is 4.79 Å². The van der Waals surface area contributed by atoms with Gasteiger partial charge in [0.25, 0.3) is 5.91 Å². The van der Waals surface area contributed by atoms with Gasteiger partial charge in [-0.1, -0.05) is 30.7 Å². The van der Waals surface area contributed by atoms with Gasteiger partial charge in [0.1, 0.15) is 0 Å². The standard InChI is InChI=1S/C20H25ClN4O/c1-3-14-11-25(24-23-14)15-9-16-17(10-15)19(16)18(4-2)22-20(26)12-5-7-13(21)8-6-12/h5-8,11,15-19H,3-4,9-10H2,1-2H3,(H,22,26)/t15?,16-,17+,18?,19?. The van der Waals surface area contributed by atoms with E-state index >= 15 is 0 Å². The second-order valence-corrected chi connectivity index (χ2v) is 8.01. The van der Waals surface area contributed by atoms with E-state index < -0.39 is 0 Å². The number of aromatic nitrogens is 3. The van der Waals surface area contributed by atoms with E-state index in [1.165, 1.54) is 0 Å². The Morgan fingerprint density at radius 1 is 1.27 bits per heavy atom. The molecule has 0 saturated heterocycles. The van der Waals surface area contributed by atoms with Gasteiger partial charge in [-0.15, -0.1) is 5.10 Å². The second-order valence-electron chi connectivity index (χ2n) is 7.57. The smallest absolute Gasteiger partial charge is 0.251 e. The lowest BCUT2D eigenvalue weighted by molar-refractivity contribution is 0.0926. The molecule has 26 heavy (non-hydrogen) atoms. The van der Waals surface area contributed by atoms with Crippen LogP contribution in [0.2, 0.25) is 5.02 Å². The number of hydrogen-bond donors (Lipinski definition) is 1. The van der Waals surface area contributed by atoms with E-state index in [0.717, 1.165) is 31.4 Å². The Kier molecular flexibility index (Phi) is 4.74. The summed E-state index contributed by atoms with van der Waals surface area (Å²) in [6.07, 6.45) is 6.27. The van der Waals surface area contributed by atoms with E-state index in [2.05, 4.69) is 40.4 Å². The SMILES string of the molecule is CCc1cn(C2C[C@@H]3C(C(CC)NC(=O)c4ccc(Cl)cc4)[C@@H]3C2)nn1. The van der Waals surface area contributed by atoms with Crippen molar-refractivity contribution in [2.24, 2.45) is 17.8 Å². The lowest BCUT2D eigenvalue weighted by atomic mass is 9.99. The fourth-order valence-electron chi connectivity index (χ4n) is 4.65. The monoisotopic (exact) mass is 372 g/mol. The zero-order valence-electron chi connectivity index (χ0n) is 15.2. The third-order valence-electron chi connectivity index (χ3n) is 6.11. The van der Waals surface area contributed by atoms with E-state index in [4.69, 9.17) is 11.6 Å². The topological polar surface area (TPSA) is 59.8 Å². The number of hydrogen-bond acceptors (Lipinski definition) is 3. The van der Waals surface area contributed by atoms with Crippen molar-refractivity contribution >= 4 is 17.5 Å². The molecule has 6 heteroatoms. The molecule has 0 radical (unpaired) electrons. The van der Waals surface area contributed by atoms with Crippen LogP contribution < -0.4 is 5.32 Å². The molecule has 0 aliphatic heterocycles. The summed E-state index contributed by atoms with van der Waals surface area (Å²) in [5.41, 5.74) is 1.73. The second kappa shape index (κ2) is 7.03. The molecule has 2 aromatic rings. The molecule has 1 N–H and O–H groups in total. The Morgan fingerprint density at radius 2 is 1.96 bits per heavy atom. The summed E-state index contributed by atoms with van der Waals surface area (Å²) in [7, 11) is 0. The zero-order chi connectivity index (χ0) is 18.3. The largest absolute Gasteiger partial charge is 0.349 e. The maximum Gasteiger partial charge on any atom is 0.251 e. The Morgan fingerprint density at radius 3 is 2.54 bits per heavy atom. The molecule has 3 unspecified atom stereocenters. The highest BCUT2D eigenvalue weighted by molar-refractivity contribution is 6.30. The van der Waals surface area contributed by atoms with Crippen LogP contribution in [0.5, 0.6) is 0 Å². The fourth-order valence-corrected chi connectivity index (χ4v) is 4.78. The maximum absolute atomic E-state index is 12.5. The normalized spacial score (nSPS) is 27.8. The van der Waals surface area contributed by atoms with Crippen molar-refractivity contribution in [3.63, 3.8) is 0 Å². The molecule has 1 aromatic heterocycles. The average Bonchev–Trinajstić information content (AvgIpc) is 3.04. The Balaban J connectivity index is 1.35. The summed E-state index contributed by atoms with van der Waals surface area (Å²) >= 11 is 5.91. The van der Waals surface area contributed by atoms with E-state index in [1.54, 1.807) is 24.3 Å². The van der Waals surface area contributed by atoms with E-state index in [1.807, 2.05) is 0 Å². The van der Waals surface area contributed by atoms with Crippen molar-refractivity contribution in [1.29, 1.82) is 0 Å². The Hall–Kier alpha value is -1.88. The van der Waals surface area contributed by atoms with Gasteiger partial charge < -0.3 is 5.32 Å². The minimum Gasteiger partial charge on any atom is -0.349 e. The van der Waals surface area contributed by atoms with Crippen LogP contribution in [-0.2, 0) is 6.42 Å². The van der Waals surface area contributed by atoms with Crippen LogP contribution in [0, 0.1) is 17.8 Å². The van der Waals surface area contributed by atoms with Gasteiger partial charge in [-0.3, -0.25) is 4.79 Å². The molecule has 1 amide bonds. The summed E-state index contributed by atoms with van der Waals surface area (Å²) in [6, 6.07) is 7.80. The van der Waals surface area contributed by atoms with E-state index in [-0.39, 0.29) is 11.9 Å². The maximum atomic E-state index is 12.5. The number of halogens is 1. The molecular formula is C20H25ClN4O. The summed E-state index contributed by atoms with van der Waals surface area (Å²) < 4.78 is 2.05. The van der Waals surface area contributed by atoms with Gasteiger partial charge in [0.2, 0.25) is 0 Å². The molecule has 2 aliphatic rings. The highest BCUT2D eigenvalue weighted by Gasteiger charge is 2.59. The number of rotatable bonds is 6. The summed E-state index contributed by atoms with van der Waals surface area (Å²) in [6.45, 7) is 4.26. The van der Waals surface area contributed by atoms with Gasteiger partial charge in [-0.05, 0) is 67.7 Å². The minimum absolute atomic E-state index is 0.00101. The molecule has 138 valence electrons. The van der Waals surface area contributed by atoms with Crippen molar-refractivity contribution in [3.8, 4) is 0 Å². The van der Waals surface area contributed by atoms with Crippen molar-refractivity contribution in [3.05, 3.63) is 46.7 Å². The third-order valence-corrected chi connectivity index (χ3v) is 6.36. The van der Waals surface area contributed by atoms with Gasteiger partial charge in [0.05, 0.1) is 11.7 Å². The van der Waals surface area contributed by atoms with Gasteiger partial charge in [-0.25, -0.2) is 4.68 Å². The number of aryl methyl sites for hydroxylation is 1. The first kappa shape index (κ1) is 17.5. The number of nitrogens with one attached hydrogen (secondary N) is 1. The molecule has 0 spiro atoms. The number of carbonyl (C=O) groups is 1. The molecule has 5 nitrogen and oxygen atoms in total. The van der Waals surface area contributed by atoms with E-state index in [0.29, 0.717) is 34.4 Å². The van der Waals surface area contributed by atoms with Gasteiger partial charge in [0.15, 0.2) is 0 Å². The van der Waals surface area contributed by atoms with Gasteiger partial charge >= 0.3 is 0 Å². The number of nitrogens with zero attached hydrogens (tertiary/aromatic N) is 3. The number of benzene rings is 1. The molecular weight excluding hydrogens is 348 g/mol. The Labute approximate surface area is 159 Å². The van der Waals surface area contributed by atoms with Crippen LogP contribution in [0.3, 0.4) is 0 Å². The van der Waals surface area contributed by atoms with Crippen LogP contribution in [0.25, 0.3) is 0 Å². The molecule has 1 heterocycles. The van der Waals surface area contributed by atoms with E-state index in [9.17, 15) is 4.79 Å². The third kappa shape index (κ3) is 3.25. The van der Waals surface area contributed by atoms with Crippen LogP contribution in [0.4, 0.5) is 0 Å².